The molecule has 3 heteroatoms. The van der Waals surface area contributed by atoms with Gasteiger partial charge in [-0.05, 0) is 19.4 Å². The van der Waals surface area contributed by atoms with Crippen molar-refractivity contribution in [1.29, 1.82) is 0 Å². The molecule has 2 fully saturated rings. The van der Waals surface area contributed by atoms with Gasteiger partial charge in [0, 0.05) is 18.6 Å². The van der Waals surface area contributed by atoms with Crippen LogP contribution in [0.1, 0.15) is 12.8 Å². The van der Waals surface area contributed by atoms with E-state index in [2.05, 4.69) is 19.4 Å². The molecule has 2 unspecified atom stereocenters. The summed E-state index contributed by atoms with van der Waals surface area (Å²) < 4.78 is 2.33. The fourth-order valence-electron chi connectivity index (χ4n) is 1.73. The van der Waals surface area contributed by atoms with E-state index in [9.17, 15) is 0 Å². The second-order valence-corrected chi connectivity index (χ2v) is 3.91. The molecule has 0 amide bonds. The average Bonchev–Trinajstić information content (AvgIpc) is 2.09. The monoisotopic (exact) mass is 144 g/mol. The quantitative estimate of drug-likeness (QED) is 0.489. The molecular formula is C6H13N2P. The van der Waals surface area contributed by atoms with Gasteiger partial charge in [0.1, 0.15) is 0 Å². The first-order valence-corrected chi connectivity index (χ1v) is 4.07. The molecule has 0 aromatic heterocycles. The van der Waals surface area contributed by atoms with Crippen molar-refractivity contribution < 1.29 is 0 Å². The zero-order valence-corrected chi connectivity index (χ0v) is 6.71. The van der Waals surface area contributed by atoms with Crippen LogP contribution in [0, 0.1) is 0 Å². The van der Waals surface area contributed by atoms with Gasteiger partial charge < -0.3 is 5.32 Å². The van der Waals surface area contributed by atoms with Gasteiger partial charge >= 0.3 is 0 Å². The first-order chi connectivity index (χ1) is 4.31. The Morgan fingerprint density at radius 3 is 2.44 bits per heavy atom. The third kappa shape index (κ3) is 0.899. The fourth-order valence-corrected chi connectivity index (χ4v) is 2.21. The van der Waals surface area contributed by atoms with E-state index in [1.807, 2.05) is 0 Å². The summed E-state index contributed by atoms with van der Waals surface area (Å²) in [6.45, 7) is 3.72. The lowest BCUT2D eigenvalue weighted by atomic mass is 9.87. The number of nitrogens with one attached hydrogen (secondary N) is 1. The van der Waals surface area contributed by atoms with Gasteiger partial charge in [0.15, 0.2) is 0 Å². The molecule has 2 aliphatic rings. The number of rotatable bonds is 0. The zero-order chi connectivity index (χ0) is 6.32. The van der Waals surface area contributed by atoms with Gasteiger partial charge in [-0.3, -0.25) is 4.67 Å². The van der Waals surface area contributed by atoms with Crippen molar-refractivity contribution in [2.75, 3.05) is 19.6 Å². The molecule has 0 saturated carbocycles. The third-order valence-corrected chi connectivity index (χ3v) is 2.93. The van der Waals surface area contributed by atoms with Crippen LogP contribution in [0.3, 0.4) is 0 Å². The Kier molecular flexibility index (Phi) is 1.29. The molecule has 52 valence electrons. The molecule has 2 saturated heterocycles. The van der Waals surface area contributed by atoms with Crippen molar-refractivity contribution in [1.82, 2.24) is 9.99 Å². The van der Waals surface area contributed by atoms with E-state index in [0.717, 1.165) is 0 Å². The number of nitrogens with zero attached hydrogens (tertiary/aromatic N) is 1. The predicted octanol–water partition coefficient (Wildman–Crippen LogP) is 0.214. The van der Waals surface area contributed by atoms with Gasteiger partial charge in [0.25, 0.3) is 0 Å². The molecule has 1 N–H and O–H groups in total. The minimum absolute atomic E-state index is 0.543. The molecular weight excluding hydrogens is 131 g/mol. The van der Waals surface area contributed by atoms with Crippen LogP contribution in [-0.2, 0) is 0 Å². The van der Waals surface area contributed by atoms with Crippen molar-refractivity contribution >= 4 is 9.39 Å². The van der Waals surface area contributed by atoms with Crippen molar-refractivity contribution in [2.45, 2.75) is 18.4 Å². The van der Waals surface area contributed by atoms with E-state index in [1.54, 1.807) is 0 Å². The van der Waals surface area contributed by atoms with Crippen molar-refractivity contribution in [3.8, 4) is 0 Å². The lowest BCUT2D eigenvalue weighted by molar-refractivity contribution is 0.224. The predicted molar refractivity (Wildman–Crippen MR) is 41.3 cm³/mol. The summed E-state index contributed by atoms with van der Waals surface area (Å²) in [5.74, 6) is 0. The molecule has 0 aliphatic carbocycles. The fraction of sp³-hybridized carbons (Fsp3) is 1.00. The molecule has 0 bridgehead atoms. The lowest BCUT2D eigenvalue weighted by Crippen LogP contribution is -2.57. The van der Waals surface area contributed by atoms with E-state index in [4.69, 9.17) is 0 Å². The summed E-state index contributed by atoms with van der Waals surface area (Å²) in [6, 6.07) is 0. The highest BCUT2D eigenvalue weighted by molar-refractivity contribution is 7.13. The second kappa shape index (κ2) is 1.91. The van der Waals surface area contributed by atoms with Gasteiger partial charge in [0.05, 0.1) is 0 Å². The summed E-state index contributed by atoms with van der Waals surface area (Å²) in [4.78, 5) is 0. The topological polar surface area (TPSA) is 15.3 Å². The van der Waals surface area contributed by atoms with Crippen LogP contribution in [0.25, 0.3) is 0 Å². The highest BCUT2D eigenvalue weighted by Gasteiger charge is 2.41. The highest BCUT2D eigenvalue weighted by atomic mass is 31.0. The minimum Gasteiger partial charge on any atom is -0.310 e. The summed E-state index contributed by atoms with van der Waals surface area (Å²) in [5, 5.41) is 3.50. The first-order valence-electron chi connectivity index (χ1n) is 3.55. The molecule has 2 aliphatic heterocycles. The SMILES string of the molecule is PN1CCC2(CCN2)C1. The molecule has 2 heterocycles. The maximum atomic E-state index is 3.50. The third-order valence-electron chi connectivity index (χ3n) is 2.49. The van der Waals surface area contributed by atoms with Crippen LogP contribution in [0.2, 0.25) is 0 Å². The summed E-state index contributed by atoms with van der Waals surface area (Å²) >= 11 is 0. The summed E-state index contributed by atoms with van der Waals surface area (Å²) in [6.07, 6.45) is 2.73. The van der Waals surface area contributed by atoms with Gasteiger partial charge in [-0.25, -0.2) is 0 Å². The van der Waals surface area contributed by atoms with Crippen LogP contribution >= 0.6 is 9.39 Å². The Morgan fingerprint density at radius 1 is 1.44 bits per heavy atom. The van der Waals surface area contributed by atoms with Crippen molar-refractivity contribution in [3.63, 3.8) is 0 Å². The van der Waals surface area contributed by atoms with Crippen LogP contribution in [0.15, 0.2) is 0 Å². The van der Waals surface area contributed by atoms with Crippen LogP contribution < -0.4 is 5.32 Å². The van der Waals surface area contributed by atoms with E-state index < -0.39 is 0 Å². The maximum absolute atomic E-state index is 3.50. The molecule has 2 rings (SSSR count). The smallest absolute Gasteiger partial charge is 0.0336 e. The largest absolute Gasteiger partial charge is 0.310 e. The Morgan fingerprint density at radius 2 is 2.22 bits per heavy atom. The zero-order valence-electron chi connectivity index (χ0n) is 5.56. The average molecular weight is 144 g/mol. The second-order valence-electron chi connectivity index (χ2n) is 3.18. The molecule has 9 heavy (non-hydrogen) atoms. The minimum atomic E-state index is 0.543. The molecule has 0 radical (unpaired) electrons. The van der Waals surface area contributed by atoms with Gasteiger partial charge in [-0.1, -0.05) is 9.39 Å². The van der Waals surface area contributed by atoms with Gasteiger partial charge in [0.2, 0.25) is 0 Å². The summed E-state index contributed by atoms with van der Waals surface area (Å²) in [5.41, 5.74) is 0.543. The van der Waals surface area contributed by atoms with Gasteiger partial charge in [-0.2, -0.15) is 0 Å². The van der Waals surface area contributed by atoms with E-state index in [0.29, 0.717) is 5.54 Å². The Bertz CT molecular complexity index is 122. The molecule has 0 aromatic carbocycles. The van der Waals surface area contributed by atoms with E-state index in [1.165, 1.54) is 32.5 Å². The lowest BCUT2D eigenvalue weighted by Gasteiger charge is -2.39. The Balaban J connectivity index is 1.99. The summed E-state index contributed by atoms with van der Waals surface area (Å²) in [7, 11) is 2.77. The van der Waals surface area contributed by atoms with Crippen molar-refractivity contribution in [2.24, 2.45) is 0 Å². The van der Waals surface area contributed by atoms with Crippen LogP contribution in [-0.4, -0.2) is 29.8 Å². The molecule has 2 atom stereocenters. The molecule has 2 nitrogen and oxygen atoms in total. The normalized spacial score (nSPS) is 43.7. The van der Waals surface area contributed by atoms with Crippen LogP contribution in [0.5, 0.6) is 0 Å². The maximum Gasteiger partial charge on any atom is 0.0336 e. The standard InChI is InChI=1S/C6H13N2P/c9-8-4-2-6(5-8)1-3-7-6/h7H,1-5,9H2. The number of hydrogen-bond acceptors (Lipinski definition) is 2. The highest BCUT2D eigenvalue weighted by Crippen LogP contribution is 2.31. The van der Waals surface area contributed by atoms with Crippen LogP contribution in [0.4, 0.5) is 0 Å². The molecule has 1 spiro atoms. The molecule has 0 aromatic rings. The van der Waals surface area contributed by atoms with Gasteiger partial charge in [-0.15, -0.1) is 0 Å². The first kappa shape index (κ1) is 6.09. The Labute approximate surface area is 58.2 Å². The van der Waals surface area contributed by atoms with E-state index in [-0.39, 0.29) is 0 Å². The van der Waals surface area contributed by atoms with Crippen molar-refractivity contribution in [3.05, 3.63) is 0 Å². The van der Waals surface area contributed by atoms with E-state index >= 15 is 0 Å². The Hall–Kier alpha value is 0.350. The number of hydrogen-bond donors (Lipinski definition) is 1.